The summed E-state index contributed by atoms with van der Waals surface area (Å²) in [6.07, 6.45) is 3.36. The van der Waals surface area contributed by atoms with Gasteiger partial charge in [0.05, 0.1) is 5.39 Å². The molecule has 2 aromatic heterocycles. The summed E-state index contributed by atoms with van der Waals surface area (Å²) >= 11 is 5.99. The third-order valence-corrected chi connectivity index (χ3v) is 4.99. The molecule has 1 N–H and O–H groups in total. The van der Waals surface area contributed by atoms with E-state index in [1.54, 1.807) is 12.1 Å². The molecule has 0 aliphatic rings. The molecule has 0 atom stereocenters. The van der Waals surface area contributed by atoms with Gasteiger partial charge in [-0.1, -0.05) is 24.9 Å². The molecule has 0 spiro atoms. The lowest BCUT2D eigenvalue weighted by molar-refractivity contribution is -0.121. The molecule has 0 bridgehead atoms. The molecule has 0 saturated carbocycles. The number of hydrogen-bond donors (Lipinski definition) is 1. The number of benzene rings is 1. The van der Waals surface area contributed by atoms with E-state index in [9.17, 15) is 9.59 Å². The summed E-state index contributed by atoms with van der Waals surface area (Å²) in [6.45, 7) is 6.50. The smallest absolute Gasteiger partial charge is 0.263 e. The highest BCUT2D eigenvalue weighted by atomic mass is 35.5. The second-order valence-electron chi connectivity index (χ2n) is 6.60. The van der Waals surface area contributed by atoms with Crippen LogP contribution in [0.15, 0.2) is 35.4 Å². The van der Waals surface area contributed by atoms with Gasteiger partial charge in [0.15, 0.2) is 5.65 Å². The van der Waals surface area contributed by atoms with E-state index in [-0.39, 0.29) is 18.0 Å². The van der Waals surface area contributed by atoms with Gasteiger partial charge in [0.1, 0.15) is 12.9 Å². The van der Waals surface area contributed by atoms with Crippen molar-refractivity contribution in [3.8, 4) is 5.69 Å². The standard InChI is InChI=1S/C20H23ClN4O2/c1-4-5-10-22-17(26)11-24-12-23-19-18(20(24)27)13(2)14(3)25(19)16-8-6-15(21)7-9-16/h6-9,12H,4-5,10-11H2,1-3H3,(H,22,26). The predicted molar refractivity (Wildman–Crippen MR) is 108 cm³/mol. The summed E-state index contributed by atoms with van der Waals surface area (Å²) in [5, 5.41) is 4.01. The van der Waals surface area contributed by atoms with Gasteiger partial charge in [-0.2, -0.15) is 0 Å². The van der Waals surface area contributed by atoms with Crippen LogP contribution in [0, 0.1) is 13.8 Å². The van der Waals surface area contributed by atoms with Crippen LogP contribution >= 0.6 is 11.6 Å². The zero-order chi connectivity index (χ0) is 19.6. The second kappa shape index (κ2) is 7.96. The number of nitrogens with zero attached hydrogens (tertiary/aromatic N) is 3. The number of aromatic nitrogens is 3. The van der Waals surface area contributed by atoms with Crippen molar-refractivity contribution in [3.05, 3.63) is 57.2 Å². The zero-order valence-corrected chi connectivity index (χ0v) is 16.5. The number of carbonyl (C=O) groups is 1. The molecule has 2 heterocycles. The van der Waals surface area contributed by atoms with Crippen LogP contribution in [0.1, 0.15) is 31.0 Å². The van der Waals surface area contributed by atoms with Crippen molar-refractivity contribution in [2.45, 2.75) is 40.2 Å². The van der Waals surface area contributed by atoms with E-state index < -0.39 is 0 Å². The van der Waals surface area contributed by atoms with Gasteiger partial charge in [0.2, 0.25) is 5.91 Å². The second-order valence-corrected chi connectivity index (χ2v) is 7.04. The van der Waals surface area contributed by atoms with Crippen LogP contribution in [-0.4, -0.2) is 26.6 Å². The predicted octanol–water partition coefficient (Wildman–Crippen LogP) is 3.37. The molecule has 0 radical (unpaired) electrons. The molecule has 1 aromatic carbocycles. The van der Waals surface area contributed by atoms with E-state index in [1.807, 2.05) is 30.5 Å². The van der Waals surface area contributed by atoms with Crippen molar-refractivity contribution in [1.82, 2.24) is 19.4 Å². The van der Waals surface area contributed by atoms with Crippen LogP contribution in [0.25, 0.3) is 16.7 Å². The van der Waals surface area contributed by atoms with Gasteiger partial charge in [0, 0.05) is 22.9 Å². The highest BCUT2D eigenvalue weighted by Gasteiger charge is 2.18. The third kappa shape index (κ3) is 3.76. The van der Waals surface area contributed by atoms with Gasteiger partial charge in [-0.3, -0.25) is 18.7 Å². The zero-order valence-electron chi connectivity index (χ0n) is 15.8. The molecule has 0 aliphatic heterocycles. The lowest BCUT2D eigenvalue weighted by atomic mass is 10.2. The average Bonchev–Trinajstić information content (AvgIpc) is 2.90. The lowest BCUT2D eigenvalue weighted by Gasteiger charge is -2.09. The number of fused-ring (bicyclic) bond motifs is 1. The first kappa shape index (κ1) is 19.2. The summed E-state index contributed by atoms with van der Waals surface area (Å²) < 4.78 is 3.30. The fourth-order valence-electron chi connectivity index (χ4n) is 3.12. The summed E-state index contributed by atoms with van der Waals surface area (Å²) in [5.74, 6) is -0.182. The average molecular weight is 387 g/mol. The Hall–Kier alpha value is -2.60. The molecule has 0 fully saturated rings. The molecule has 27 heavy (non-hydrogen) atoms. The quantitative estimate of drug-likeness (QED) is 0.660. The van der Waals surface area contributed by atoms with E-state index >= 15 is 0 Å². The monoisotopic (exact) mass is 386 g/mol. The molecular weight excluding hydrogens is 364 g/mol. The van der Waals surface area contributed by atoms with Crippen molar-refractivity contribution in [1.29, 1.82) is 0 Å². The maximum absolute atomic E-state index is 13.0. The summed E-state index contributed by atoms with van der Waals surface area (Å²) in [6, 6.07) is 7.39. The van der Waals surface area contributed by atoms with E-state index in [2.05, 4.69) is 17.2 Å². The maximum Gasteiger partial charge on any atom is 0.263 e. The van der Waals surface area contributed by atoms with Crippen molar-refractivity contribution < 1.29 is 4.79 Å². The number of nitrogens with one attached hydrogen (secondary N) is 1. The van der Waals surface area contributed by atoms with Gasteiger partial charge in [-0.15, -0.1) is 0 Å². The van der Waals surface area contributed by atoms with E-state index in [4.69, 9.17) is 11.6 Å². The molecule has 6 nitrogen and oxygen atoms in total. The molecule has 0 aliphatic carbocycles. The highest BCUT2D eigenvalue weighted by molar-refractivity contribution is 6.30. The van der Waals surface area contributed by atoms with Crippen LogP contribution in [0.3, 0.4) is 0 Å². The van der Waals surface area contributed by atoms with Gasteiger partial charge in [-0.25, -0.2) is 4.98 Å². The Labute approximate surface area is 162 Å². The maximum atomic E-state index is 13.0. The van der Waals surface area contributed by atoms with E-state index in [0.717, 1.165) is 29.8 Å². The Balaban J connectivity index is 2.02. The van der Waals surface area contributed by atoms with Crippen LogP contribution in [0.2, 0.25) is 5.02 Å². The Kier molecular flexibility index (Phi) is 5.65. The van der Waals surface area contributed by atoms with Crippen molar-refractivity contribution in [2.24, 2.45) is 0 Å². The van der Waals surface area contributed by atoms with Crippen molar-refractivity contribution in [3.63, 3.8) is 0 Å². The number of unbranched alkanes of at least 4 members (excludes halogenated alkanes) is 1. The van der Waals surface area contributed by atoms with Gasteiger partial charge < -0.3 is 5.32 Å². The fourth-order valence-corrected chi connectivity index (χ4v) is 3.25. The summed E-state index contributed by atoms with van der Waals surface area (Å²) in [4.78, 5) is 29.5. The minimum Gasteiger partial charge on any atom is -0.355 e. The first-order chi connectivity index (χ1) is 12.9. The van der Waals surface area contributed by atoms with Crippen molar-refractivity contribution >= 4 is 28.5 Å². The largest absolute Gasteiger partial charge is 0.355 e. The van der Waals surface area contributed by atoms with Gasteiger partial charge >= 0.3 is 0 Å². The molecule has 3 rings (SSSR count). The number of halogens is 1. The number of carbonyl (C=O) groups excluding carboxylic acids is 1. The Morgan fingerprint density at radius 1 is 1.22 bits per heavy atom. The van der Waals surface area contributed by atoms with Crippen LogP contribution in [0.4, 0.5) is 0 Å². The van der Waals surface area contributed by atoms with Crippen LogP contribution in [-0.2, 0) is 11.3 Å². The van der Waals surface area contributed by atoms with E-state index in [0.29, 0.717) is 22.6 Å². The van der Waals surface area contributed by atoms with Gasteiger partial charge in [0.25, 0.3) is 5.56 Å². The summed E-state index contributed by atoms with van der Waals surface area (Å²) in [7, 11) is 0. The third-order valence-electron chi connectivity index (χ3n) is 4.73. The molecule has 0 saturated heterocycles. The lowest BCUT2D eigenvalue weighted by Crippen LogP contribution is -2.33. The highest BCUT2D eigenvalue weighted by Crippen LogP contribution is 2.25. The summed E-state index contributed by atoms with van der Waals surface area (Å²) in [5.41, 5.74) is 3.05. The number of rotatable bonds is 6. The first-order valence-electron chi connectivity index (χ1n) is 9.03. The first-order valence-corrected chi connectivity index (χ1v) is 9.41. The van der Waals surface area contributed by atoms with Crippen LogP contribution in [0.5, 0.6) is 0 Å². The Bertz CT molecular complexity index is 1030. The number of amides is 1. The van der Waals surface area contributed by atoms with Crippen molar-refractivity contribution in [2.75, 3.05) is 6.54 Å². The number of aryl methyl sites for hydroxylation is 1. The molecule has 0 unspecified atom stereocenters. The Morgan fingerprint density at radius 2 is 1.93 bits per heavy atom. The molecule has 142 valence electrons. The Morgan fingerprint density at radius 3 is 2.59 bits per heavy atom. The molecule has 7 heteroatoms. The SMILES string of the molecule is CCCCNC(=O)Cn1cnc2c(c(C)c(C)n2-c2ccc(Cl)cc2)c1=O. The van der Waals surface area contributed by atoms with Gasteiger partial charge in [-0.05, 0) is 50.1 Å². The van der Waals surface area contributed by atoms with Crippen LogP contribution < -0.4 is 10.9 Å². The number of hydrogen-bond acceptors (Lipinski definition) is 3. The molecule has 3 aromatic rings. The topological polar surface area (TPSA) is 68.9 Å². The normalized spacial score (nSPS) is 11.1. The van der Waals surface area contributed by atoms with E-state index in [1.165, 1.54) is 10.9 Å². The molecular formula is C20H23ClN4O2. The minimum absolute atomic E-state index is 0.0316. The molecule has 1 amide bonds. The fraction of sp³-hybridized carbons (Fsp3) is 0.350. The minimum atomic E-state index is -0.209.